The molecule has 0 saturated heterocycles. The van der Waals surface area contributed by atoms with Crippen molar-refractivity contribution in [2.45, 2.75) is 13.8 Å². The first kappa shape index (κ1) is 18.5. The van der Waals surface area contributed by atoms with Crippen LogP contribution in [-0.4, -0.2) is 19.5 Å². The lowest BCUT2D eigenvalue weighted by Crippen LogP contribution is -2.14. The van der Waals surface area contributed by atoms with E-state index in [4.69, 9.17) is 9.05 Å². The highest BCUT2D eigenvalue weighted by Gasteiger charge is 2.31. The van der Waals surface area contributed by atoms with Gasteiger partial charge in [-0.05, 0) is 36.2 Å². The van der Waals surface area contributed by atoms with Crippen LogP contribution in [0.3, 0.4) is 0 Å². The largest absolute Gasteiger partial charge is 0.361 e. The molecular weight excluding hydrogens is 347 g/mol. The van der Waals surface area contributed by atoms with E-state index in [0.29, 0.717) is 16.4 Å². The van der Waals surface area contributed by atoms with Crippen molar-refractivity contribution < 1.29 is 18.4 Å². The lowest BCUT2D eigenvalue weighted by Gasteiger charge is -2.22. The molecule has 3 aromatic carbocycles. The second kappa shape index (κ2) is 7.96. The number of fused-ring (bicyclic) bond motifs is 1. The molecule has 0 N–H and O–H groups in total. The van der Waals surface area contributed by atoms with E-state index >= 15 is 0 Å². The molecule has 3 rings (SSSR count). The number of benzene rings is 3. The number of hydrogen-bond donors (Lipinski definition) is 0. The van der Waals surface area contributed by atoms with Crippen LogP contribution in [0.4, 0.5) is 0 Å². The van der Waals surface area contributed by atoms with E-state index in [2.05, 4.69) is 0 Å². The smallest absolute Gasteiger partial charge is 0.305 e. The van der Waals surface area contributed by atoms with Crippen molar-refractivity contribution in [3.05, 3.63) is 66.2 Å². The van der Waals surface area contributed by atoms with Crippen LogP contribution in [0.5, 0.6) is 0 Å². The van der Waals surface area contributed by atoms with Gasteiger partial charge in [-0.25, -0.2) is 0 Å². The summed E-state index contributed by atoms with van der Waals surface area (Å²) in [6.07, 6.45) is 0.813. The summed E-state index contributed by atoms with van der Waals surface area (Å²) in [7, 11) is -3.53. The van der Waals surface area contributed by atoms with Crippen LogP contribution in [0.2, 0.25) is 0 Å². The van der Waals surface area contributed by atoms with Gasteiger partial charge in [0.25, 0.3) is 0 Å². The summed E-state index contributed by atoms with van der Waals surface area (Å²) < 4.78 is 24.7. The lowest BCUT2D eigenvalue weighted by molar-refractivity contribution is 0.112. The average molecular weight is 368 g/mol. The molecule has 134 valence electrons. The van der Waals surface area contributed by atoms with Gasteiger partial charge in [0.2, 0.25) is 0 Å². The van der Waals surface area contributed by atoms with Crippen molar-refractivity contribution >= 4 is 30.0 Å². The summed E-state index contributed by atoms with van der Waals surface area (Å²) in [5.41, 5.74) is 1.97. The van der Waals surface area contributed by atoms with Gasteiger partial charge in [-0.1, -0.05) is 54.6 Å². The van der Waals surface area contributed by atoms with Crippen LogP contribution in [0.15, 0.2) is 60.7 Å². The van der Waals surface area contributed by atoms with E-state index in [1.54, 1.807) is 26.0 Å². The van der Waals surface area contributed by atoms with Crippen LogP contribution < -0.4 is 5.30 Å². The zero-order valence-electron chi connectivity index (χ0n) is 14.8. The zero-order valence-corrected chi connectivity index (χ0v) is 15.7. The molecule has 5 heteroatoms. The first-order valence-corrected chi connectivity index (χ1v) is 10.1. The molecule has 0 aromatic heterocycles. The fraction of sp³-hybridized carbons (Fsp3) is 0.190. The van der Waals surface area contributed by atoms with Crippen molar-refractivity contribution in [2.24, 2.45) is 0 Å². The standard InChI is InChI=1S/C21H21O4P/c1-3-24-26(23,25-4-2)20-14-13-16-9-5-7-11-18(16)21(20)19-12-8-6-10-17(19)15-22/h5-15H,3-4H2,1-2H3. The third-order valence-electron chi connectivity index (χ3n) is 4.16. The molecule has 0 atom stereocenters. The maximum atomic E-state index is 13.5. The number of hydrogen-bond acceptors (Lipinski definition) is 4. The summed E-state index contributed by atoms with van der Waals surface area (Å²) in [6, 6.07) is 18.8. The maximum absolute atomic E-state index is 13.5. The van der Waals surface area contributed by atoms with Crippen LogP contribution in [0, 0.1) is 0 Å². The Morgan fingerprint density at radius 2 is 1.54 bits per heavy atom. The molecule has 4 nitrogen and oxygen atoms in total. The van der Waals surface area contributed by atoms with E-state index in [-0.39, 0.29) is 13.2 Å². The van der Waals surface area contributed by atoms with E-state index in [1.807, 2.05) is 48.5 Å². The monoisotopic (exact) mass is 368 g/mol. The zero-order chi connectivity index (χ0) is 18.6. The minimum Gasteiger partial charge on any atom is -0.305 e. The average Bonchev–Trinajstić information content (AvgIpc) is 2.67. The van der Waals surface area contributed by atoms with Crippen LogP contribution in [0.25, 0.3) is 21.9 Å². The van der Waals surface area contributed by atoms with Gasteiger partial charge in [0.1, 0.15) is 0 Å². The molecule has 0 fully saturated rings. The predicted octanol–water partition coefficient (Wildman–Crippen LogP) is 5.21. The maximum Gasteiger partial charge on any atom is 0.361 e. The van der Waals surface area contributed by atoms with E-state index in [9.17, 15) is 9.36 Å². The normalized spacial score (nSPS) is 11.6. The number of aldehydes is 1. The van der Waals surface area contributed by atoms with Crippen molar-refractivity contribution in [2.75, 3.05) is 13.2 Å². The van der Waals surface area contributed by atoms with Gasteiger partial charge < -0.3 is 9.05 Å². The third kappa shape index (κ3) is 3.36. The number of carbonyl (C=O) groups is 1. The second-order valence-corrected chi connectivity index (χ2v) is 7.71. The Morgan fingerprint density at radius 1 is 0.885 bits per heavy atom. The molecule has 0 spiro atoms. The second-order valence-electron chi connectivity index (χ2n) is 5.72. The van der Waals surface area contributed by atoms with Crippen LogP contribution >= 0.6 is 7.60 Å². The molecule has 0 aliphatic heterocycles. The minimum absolute atomic E-state index is 0.263. The first-order chi connectivity index (χ1) is 12.6. The van der Waals surface area contributed by atoms with E-state index in [0.717, 1.165) is 22.6 Å². The summed E-state index contributed by atoms with van der Waals surface area (Å²) >= 11 is 0. The molecule has 0 bridgehead atoms. The summed E-state index contributed by atoms with van der Waals surface area (Å²) in [4.78, 5) is 11.6. The molecule has 0 heterocycles. The summed E-state index contributed by atoms with van der Waals surface area (Å²) in [6.45, 7) is 4.09. The van der Waals surface area contributed by atoms with Crippen molar-refractivity contribution in [3.63, 3.8) is 0 Å². The quantitative estimate of drug-likeness (QED) is 0.424. The van der Waals surface area contributed by atoms with Gasteiger partial charge >= 0.3 is 7.60 Å². The number of carbonyl (C=O) groups excluding carboxylic acids is 1. The predicted molar refractivity (Wildman–Crippen MR) is 105 cm³/mol. The molecule has 0 radical (unpaired) electrons. The summed E-state index contributed by atoms with van der Waals surface area (Å²) in [5.74, 6) is 0. The Morgan fingerprint density at radius 3 is 2.23 bits per heavy atom. The molecule has 0 aliphatic rings. The van der Waals surface area contributed by atoms with Gasteiger partial charge in [0.15, 0.2) is 6.29 Å². The SMILES string of the molecule is CCOP(=O)(OCC)c1ccc2ccccc2c1-c1ccccc1C=O. The van der Waals surface area contributed by atoms with E-state index < -0.39 is 7.60 Å². The molecule has 3 aromatic rings. The molecule has 26 heavy (non-hydrogen) atoms. The lowest BCUT2D eigenvalue weighted by atomic mass is 9.95. The Hall–Kier alpha value is -2.26. The fourth-order valence-electron chi connectivity index (χ4n) is 3.12. The van der Waals surface area contributed by atoms with Gasteiger partial charge in [-0.2, -0.15) is 0 Å². The van der Waals surface area contributed by atoms with Crippen LogP contribution in [0.1, 0.15) is 24.2 Å². The minimum atomic E-state index is -3.53. The summed E-state index contributed by atoms with van der Waals surface area (Å²) in [5, 5.41) is 2.37. The Balaban J connectivity index is 2.41. The fourth-order valence-corrected chi connectivity index (χ4v) is 4.92. The molecule has 0 saturated carbocycles. The Bertz CT molecular complexity index is 971. The van der Waals surface area contributed by atoms with Gasteiger partial charge in [-0.3, -0.25) is 9.36 Å². The Labute approximate surface area is 153 Å². The van der Waals surface area contributed by atoms with Crippen molar-refractivity contribution in [1.82, 2.24) is 0 Å². The van der Waals surface area contributed by atoms with Crippen molar-refractivity contribution in [3.8, 4) is 11.1 Å². The molecule has 0 unspecified atom stereocenters. The highest BCUT2D eigenvalue weighted by atomic mass is 31.2. The highest BCUT2D eigenvalue weighted by molar-refractivity contribution is 7.62. The number of rotatable bonds is 7. The van der Waals surface area contributed by atoms with Gasteiger partial charge in [-0.15, -0.1) is 0 Å². The molecule has 0 amide bonds. The molecule has 0 aliphatic carbocycles. The topological polar surface area (TPSA) is 52.6 Å². The first-order valence-electron chi connectivity index (χ1n) is 8.60. The van der Waals surface area contributed by atoms with Gasteiger partial charge in [0, 0.05) is 11.1 Å². The van der Waals surface area contributed by atoms with Crippen molar-refractivity contribution in [1.29, 1.82) is 0 Å². The molecular formula is C21H21O4P. The highest BCUT2D eigenvalue weighted by Crippen LogP contribution is 2.50. The van der Waals surface area contributed by atoms with Crippen LogP contribution in [-0.2, 0) is 13.6 Å². The van der Waals surface area contributed by atoms with Gasteiger partial charge in [0.05, 0.1) is 18.5 Å². The Kier molecular flexibility index (Phi) is 5.67. The van der Waals surface area contributed by atoms with E-state index in [1.165, 1.54) is 0 Å². The third-order valence-corrected chi connectivity index (χ3v) is 6.32.